The van der Waals surface area contributed by atoms with E-state index in [9.17, 15) is 0 Å². The number of rotatable bonds is 0. The van der Waals surface area contributed by atoms with Crippen molar-refractivity contribution in [3.05, 3.63) is 0 Å². The van der Waals surface area contributed by atoms with E-state index < -0.39 is 0 Å². The summed E-state index contributed by atoms with van der Waals surface area (Å²) in [5.74, 6) is 0. The molecule has 0 rings (SSSR count). The molecule has 0 bridgehead atoms. The first-order valence-corrected chi connectivity index (χ1v) is 0. The fourth-order valence-corrected chi connectivity index (χ4v) is 0. The molecule has 0 aliphatic rings. The van der Waals surface area contributed by atoms with E-state index in [1.807, 2.05) is 0 Å². The predicted octanol–water partition coefficient (Wildman–Crippen LogP) is -10.5. The maximum atomic E-state index is 0. The smallest absolute Gasteiger partial charge is 1.00 e. The molecule has 0 saturated heterocycles. The van der Waals surface area contributed by atoms with Crippen LogP contribution in [-0.4, -0.2) is 144 Å². The summed E-state index contributed by atoms with van der Waals surface area (Å²) < 4.78 is 0. The maximum absolute atomic E-state index is 0. The molecule has 0 amide bonds. The van der Waals surface area contributed by atoms with E-state index in [0.29, 0.717) is 0 Å². The molecule has 0 unspecified atom stereocenters. The molecular weight excluding hydrogens is 354 g/mol. The fraction of sp³-hybridized carbons (Fsp3) is 0. The quantitative estimate of drug-likeness (QED) is 0.349. The van der Waals surface area contributed by atoms with Crippen molar-refractivity contribution in [1.29, 1.82) is 0 Å². The largest absolute Gasteiger partial charge is 2.00 e. The summed E-state index contributed by atoms with van der Waals surface area (Å²) >= 11 is 0. The molecule has 17 heteroatoms. The van der Waals surface area contributed by atoms with Gasteiger partial charge in [-0.15, -0.1) is 24.8 Å². The Labute approximate surface area is 173 Å². The molecule has 0 saturated carbocycles. The zero-order valence-electron chi connectivity index (χ0n) is 12.2. The van der Waals surface area contributed by atoms with Gasteiger partial charge in [0.25, 0.3) is 0 Å². The maximum Gasteiger partial charge on any atom is 2.00 e. The Bertz CT molecular complexity index is 39.2. The van der Waals surface area contributed by atoms with Gasteiger partial charge in [0, 0.05) is 0 Å². The van der Waals surface area contributed by atoms with Crippen LogP contribution < -0.4 is 0 Å². The van der Waals surface area contributed by atoms with Crippen molar-refractivity contribution in [3.63, 3.8) is 0 Å². The topological polar surface area (TPSA) is 378 Å². The van der Waals surface area contributed by atoms with Gasteiger partial charge in [-0.3, -0.25) is 0 Å². The molecule has 126 valence electrons. The second kappa shape index (κ2) is 823. The van der Waals surface area contributed by atoms with Crippen LogP contribution in [0.2, 0.25) is 0 Å². The Balaban J connectivity index is 0. The van der Waals surface area contributed by atoms with Gasteiger partial charge in [0.05, 0.1) is 0 Å². The Morgan fingerprint density at radius 1 is 0.353 bits per heavy atom. The third kappa shape index (κ3) is 733. The zero-order valence-corrected chi connectivity index (χ0v) is 13.5. The standard InChI is InChI=1S/Al.Ca.2ClH.Mg.12H2O.7H/h;;2*1H;;12*1H2;;;;;;;/q;+2;;;+2;;;;;;;;;;;;;;;;4*-1. The first-order chi connectivity index (χ1) is 0. The SMILES string of the molecule is Cl.Cl.O.O.O.O.O.O.O.O.O.O.O.O.[AlH3].[Ca+2].[H-].[H-].[H-].[H-].[Mg+2]. The van der Waals surface area contributed by atoms with E-state index in [2.05, 4.69) is 0 Å². The van der Waals surface area contributed by atoms with E-state index in [1.165, 1.54) is 0 Å². The molecule has 0 heterocycles. The number of hydrogen-bond acceptors (Lipinski definition) is 0. The van der Waals surface area contributed by atoms with Crippen molar-refractivity contribution in [2.75, 3.05) is 0 Å². The molecule has 17 heavy (non-hydrogen) atoms. The van der Waals surface area contributed by atoms with Gasteiger partial charge in [-0.2, -0.15) is 0 Å². The van der Waals surface area contributed by atoms with E-state index in [4.69, 9.17) is 0 Å². The molecular formula is H33AlCaCl2MgO12. The van der Waals surface area contributed by atoms with Gasteiger partial charge in [0.1, 0.15) is 0 Å². The van der Waals surface area contributed by atoms with Crippen LogP contribution in [0.3, 0.4) is 0 Å². The zero-order chi connectivity index (χ0) is 0. The molecule has 12 nitrogen and oxygen atoms in total. The third-order valence-electron chi connectivity index (χ3n) is 0. The normalized spacial score (nSPS) is 0. The minimum atomic E-state index is 0. The van der Waals surface area contributed by atoms with Gasteiger partial charge in [-0.1, -0.05) is 0 Å². The Morgan fingerprint density at radius 2 is 0.353 bits per heavy atom. The summed E-state index contributed by atoms with van der Waals surface area (Å²) in [6, 6.07) is 0. The molecule has 0 atom stereocenters. The predicted molar refractivity (Wildman–Crippen MR) is 83.8 cm³/mol. The molecule has 24 N–H and O–H groups in total. The minimum Gasteiger partial charge on any atom is -1.00 e. The van der Waals surface area contributed by atoms with Crippen LogP contribution in [0.25, 0.3) is 0 Å². The molecule has 0 aromatic carbocycles. The number of halogens is 2. The third-order valence-corrected chi connectivity index (χ3v) is 0. The monoisotopic (exact) mass is 386 g/mol. The summed E-state index contributed by atoms with van der Waals surface area (Å²) in [7, 11) is 0. The fourth-order valence-electron chi connectivity index (χ4n) is 0. The van der Waals surface area contributed by atoms with Crippen LogP contribution in [-0.2, 0) is 0 Å². The van der Waals surface area contributed by atoms with Crippen LogP contribution in [0.5, 0.6) is 0 Å². The first kappa shape index (κ1) is 968. The van der Waals surface area contributed by atoms with Gasteiger partial charge < -0.3 is 71.4 Å². The van der Waals surface area contributed by atoms with E-state index in [-0.39, 0.29) is 174 Å². The van der Waals surface area contributed by atoms with Crippen molar-refractivity contribution in [3.8, 4) is 0 Å². The van der Waals surface area contributed by atoms with Crippen molar-refractivity contribution >= 4 is 103 Å². The van der Waals surface area contributed by atoms with Crippen LogP contribution in [0.1, 0.15) is 5.71 Å². The van der Waals surface area contributed by atoms with Gasteiger partial charge in [-0.05, 0) is 0 Å². The Morgan fingerprint density at radius 3 is 0.353 bits per heavy atom. The minimum absolute atomic E-state index is 0. The molecule has 0 aromatic rings. The van der Waals surface area contributed by atoms with Gasteiger partial charge in [-0.25, -0.2) is 0 Å². The van der Waals surface area contributed by atoms with Crippen LogP contribution >= 0.6 is 24.8 Å². The average molecular weight is 388 g/mol. The van der Waals surface area contributed by atoms with Crippen LogP contribution in [0.15, 0.2) is 0 Å². The molecule has 0 aromatic heterocycles. The Kier molecular flexibility index (Phi) is 46900. The van der Waals surface area contributed by atoms with Crippen molar-refractivity contribution < 1.29 is 71.4 Å². The summed E-state index contributed by atoms with van der Waals surface area (Å²) in [6.45, 7) is 0. The van der Waals surface area contributed by atoms with E-state index in [1.54, 1.807) is 0 Å². The summed E-state index contributed by atoms with van der Waals surface area (Å²) in [5, 5.41) is 0. The van der Waals surface area contributed by atoms with Crippen molar-refractivity contribution in [1.82, 2.24) is 0 Å². The molecule has 0 radical (unpaired) electrons. The van der Waals surface area contributed by atoms with E-state index >= 15 is 0 Å². The molecule has 0 aliphatic heterocycles. The van der Waals surface area contributed by atoms with Crippen molar-refractivity contribution in [2.45, 2.75) is 0 Å². The van der Waals surface area contributed by atoms with Gasteiger partial charge in [0.15, 0.2) is 17.4 Å². The molecule has 0 spiro atoms. The van der Waals surface area contributed by atoms with Gasteiger partial charge >= 0.3 is 60.8 Å². The van der Waals surface area contributed by atoms with Crippen LogP contribution in [0, 0.1) is 0 Å². The summed E-state index contributed by atoms with van der Waals surface area (Å²) in [6.07, 6.45) is 0. The van der Waals surface area contributed by atoms with E-state index in [0.717, 1.165) is 0 Å². The Hall–Kier alpha value is 2.66. The molecule has 0 aliphatic carbocycles. The average Bonchev–Trinajstić information content (AvgIpc) is 0. The van der Waals surface area contributed by atoms with Gasteiger partial charge in [0.2, 0.25) is 0 Å². The second-order valence-electron chi connectivity index (χ2n) is 0. The second-order valence-corrected chi connectivity index (χ2v) is 0. The van der Waals surface area contributed by atoms with Crippen LogP contribution in [0.4, 0.5) is 0 Å². The first-order valence-electron chi connectivity index (χ1n) is 0. The summed E-state index contributed by atoms with van der Waals surface area (Å²) in [4.78, 5) is 0. The summed E-state index contributed by atoms with van der Waals surface area (Å²) in [5.41, 5.74) is 0. The van der Waals surface area contributed by atoms with Crippen molar-refractivity contribution in [2.24, 2.45) is 0 Å². The molecule has 0 fully saturated rings. The number of hydrogen-bond donors (Lipinski definition) is 0.